The topological polar surface area (TPSA) is 87.2 Å². The number of nitrogens with one attached hydrogen (secondary N) is 2. The molecular weight excluding hydrogens is 452 g/mol. The maximum atomic E-state index is 13.7. The fourth-order valence-electron chi connectivity index (χ4n) is 5.56. The molecule has 0 aliphatic carbocycles. The van der Waals surface area contributed by atoms with Crippen molar-refractivity contribution in [1.29, 1.82) is 0 Å². The Morgan fingerprint density at radius 1 is 1.08 bits per heavy atom. The van der Waals surface area contributed by atoms with Crippen molar-refractivity contribution in [2.45, 2.75) is 39.7 Å². The summed E-state index contributed by atoms with van der Waals surface area (Å²) in [5.74, 6) is -0.731. The molecule has 2 aromatic carbocycles. The van der Waals surface area contributed by atoms with E-state index in [4.69, 9.17) is 0 Å². The average Bonchev–Trinajstić information content (AvgIpc) is 3.33. The summed E-state index contributed by atoms with van der Waals surface area (Å²) in [4.78, 5) is 43.8. The molecule has 2 N–H and O–H groups in total. The van der Waals surface area contributed by atoms with Crippen LogP contribution in [0.25, 0.3) is 21.8 Å². The van der Waals surface area contributed by atoms with E-state index in [0.29, 0.717) is 22.8 Å². The molecule has 36 heavy (non-hydrogen) atoms. The fourth-order valence-corrected chi connectivity index (χ4v) is 5.56. The van der Waals surface area contributed by atoms with Gasteiger partial charge in [-0.25, -0.2) is 0 Å². The molecule has 0 radical (unpaired) electrons. The van der Waals surface area contributed by atoms with E-state index in [1.807, 2.05) is 42.5 Å². The predicted octanol–water partition coefficient (Wildman–Crippen LogP) is 4.73. The third kappa shape index (κ3) is 3.38. The molecule has 7 heteroatoms. The Balaban J connectivity index is 1.65. The van der Waals surface area contributed by atoms with Gasteiger partial charge in [-0.05, 0) is 47.6 Å². The highest BCUT2D eigenvalue weighted by Gasteiger charge is 2.42. The lowest BCUT2D eigenvalue weighted by molar-refractivity contribution is -0.139. The number of aryl methyl sites for hydroxylation is 1. The number of H-pyrrole nitrogens is 1. The Kier molecular flexibility index (Phi) is 5.10. The van der Waals surface area contributed by atoms with E-state index >= 15 is 0 Å². The summed E-state index contributed by atoms with van der Waals surface area (Å²) in [6.07, 6.45) is 3.10. The molecule has 0 fully saturated rings. The number of para-hydroxylation sites is 1. The first-order valence-electron chi connectivity index (χ1n) is 12.4. The van der Waals surface area contributed by atoms with Crippen molar-refractivity contribution in [3.05, 3.63) is 87.5 Å². The van der Waals surface area contributed by atoms with Crippen LogP contribution in [0.15, 0.2) is 70.8 Å². The maximum Gasteiger partial charge on any atom is 0.259 e. The summed E-state index contributed by atoms with van der Waals surface area (Å²) < 4.78 is 2.23. The predicted molar refractivity (Wildman–Crippen MR) is 141 cm³/mol. The number of fused-ring (bicyclic) bond motifs is 1. The monoisotopic (exact) mass is 480 g/mol. The molecular formula is C29H28N4O3. The molecule has 0 saturated heterocycles. The summed E-state index contributed by atoms with van der Waals surface area (Å²) >= 11 is 0. The highest BCUT2D eigenvalue weighted by Crippen LogP contribution is 2.46. The molecule has 6 rings (SSSR count). The van der Waals surface area contributed by atoms with Crippen LogP contribution in [0.4, 0.5) is 5.69 Å². The van der Waals surface area contributed by atoms with Gasteiger partial charge < -0.3 is 14.9 Å². The average molecular weight is 481 g/mol. The van der Waals surface area contributed by atoms with Crippen molar-refractivity contribution < 1.29 is 9.59 Å². The number of hydrogen-bond donors (Lipinski definition) is 2. The molecule has 2 amide bonds. The van der Waals surface area contributed by atoms with Gasteiger partial charge in [0.1, 0.15) is 0 Å². The van der Waals surface area contributed by atoms with Crippen LogP contribution in [0.5, 0.6) is 0 Å². The summed E-state index contributed by atoms with van der Waals surface area (Å²) in [6, 6.07) is 15.6. The normalized spacial score (nSPS) is 17.2. The summed E-state index contributed by atoms with van der Waals surface area (Å²) in [6.45, 7) is 6.80. The first-order valence-corrected chi connectivity index (χ1v) is 12.4. The minimum atomic E-state index is -0.607. The smallest absolute Gasteiger partial charge is 0.259 e. The lowest BCUT2D eigenvalue weighted by Crippen LogP contribution is -2.33. The zero-order valence-corrected chi connectivity index (χ0v) is 20.6. The number of imide groups is 1. The van der Waals surface area contributed by atoms with Crippen LogP contribution in [0, 0.1) is 5.92 Å². The second-order valence-corrected chi connectivity index (χ2v) is 10.2. The van der Waals surface area contributed by atoms with Crippen molar-refractivity contribution in [3.8, 4) is 0 Å². The van der Waals surface area contributed by atoms with Crippen molar-refractivity contribution in [1.82, 2.24) is 14.5 Å². The number of benzene rings is 2. The van der Waals surface area contributed by atoms with E-state index in [1.54, 1.807) is 0 Å². The van der Waals surface area contributed by atoms with E-state index < -0.39 is 5.92 Å². The van der Waals surface area contributed by atoms with Crippen LogP contribution in [0.2, 0.25) is 0 Å². The van der Waals surface area contributed by atoms with E-state index in [0.717, 1.165) is 46.0 Å². The number of nitrogens with zero attached hydrogens (tertiary/aromatic N) is 2. The Morgan fingerprint density at radius 3 is 2.67 bits per heavy atom. The van der Waals surface area contributed by atoms with Crippen molar-refractivity contribution in [2.75, 3.05) is 11.9 Å². The van der Waals surface area contributed by atoms with Crippen molar-refractivity contribution in [3.63, 3.8) is 0 Å². The van der Waals surface area contributed by atoms with Crippen LogP contribution < -0.4 is 10.9 Å². The van der Waals surface area contributed by atoms with Gasteiger partial charge in [0.25, 0.3) is 11.5 Å². The van der Waals surface area contributed by atoms with E-state index in [9.17, 15) is 14.4 Å². The van der Waals surface area contributed by atoms with Gasteiger partial charge in [-0.1, -0.05) is 38.1 Å². The Hall–Kier alpha value is -4.13. The molecule has 182 valence electrons. The van der Waals surface area contributed by atoms with E-state index in [2.05, 4.69) is 41.0 Å². The number of carbonyl (C=O) groups excluding carboxylic acids is 2. The fraction of sp³-hybridized carbons (Fsp3) is 0.276. The van der Waals surface area contributed by atoms with Crippen LogP contribution in [0.3, 0.4) is 0 Å². The largest absolute Gasteiger partial charge is 0.356 e. The van der Waals surface area contributed by atoms with Gasteiger partial charge in [0.15, 0.2) is 0 Å². The number of aromatic nitrogens is 2. The number of carbonyl (C=O) groups is 2. The minimum Gasteiger partial charge on any atom is -0.356 e. The SMILES string of the molecule is CC(=O)N1CC2=C(C1=O)C(c1cc3ccccc3[nH]c1=O)c1cn(CCC(C)C)c3cccc(c13)N2. The third-order valence-electron chi connectivity index (χ3n) is 7.36. The van der Waals surface area contributed by atoms with Crippen LogP contribution in [-0.2, 0) is 16.1 Å². The first-order chi connectivity index (χ1) is 17.3. The van der Waals surface area contributed by atoms with Gasteiger partial charge in [0.05, 0.1) is 17.6 Å². The van der Waals surface area contributed by atoms with E-state index in [-0.39, 0.29) is 23.9 Å². The van der Waals surface area contributed by atoms with Gasteiger partial charge in [-0.3, -0.25) is 19.3 Å². The van der Waals surface area contributed by atoms with Crippen molar-refractivity contribution in [2.24, 2.45) is 5.92 Å². The molecule has 2 aliphatic rings. The molecule has 0 saturated carbocycles. The lowest BCUT2D eigenvalue weighted by atomic mass is 9.84. The van der Waals surface area contributed by atoms with Crippen LogP contribution in [-0.4, -0.2) is 32.8 Å². The van der Waals surface area contributed by atoms with Crippen LogP contribution in [0.1, 0.15) is 44.2 Å². The molecule has 1 unspecified atom stereocenters. The molecule has 2 aliphatic heterocycles. The Labute approximate surface area is 208 Å². The molecule has 1 atom stereocenters. The summed E-state index contributed by atoms with van der Waals surface area (Å²) in [5, 5.41) is 5.38. The number of anilines is 1. The van der Waals surface area contributed by atoms with Gasteiger partial charge in [0, 0.05) is 53.4 Å². The van der Waals surface area contributed by atoms with Gasteiger partial charge in [-0.2, -0.15) is 0 Å². The van der Waals surface area contributed by atoms with Gasteiger partial charge >= 0.3 is 0 Å². The lowest BCUT2D eigenvalue weighted by Gasteiger charge is -2.19. The minimum absolute atomic E-state index is 0.166. The van der Waals surface area contributed by atoms with Crippen LogP contribution >= 0.6 is 0 Å². The molecule has 7 nitrogen and oxygen atoms in total. The molecule has 4 heterocycles. The highest BCUT2D eigenvalue weighted by atomic mass is 16.2. The summed E-state index contributed by atoms with van der Waals surface area (Å²) in [5.41, 5.74) is 5.00. The molecule has 0 spiro atoms. The third-order valence-corrected chi connectivity index (χ3v) is 7.36. The van der Waals surface area contributed by atoms with Crippen molar-refractivity contribution >= 4 is 39.3 Å². The first kappa shape index (κ1) is 22.3. The van der Waals surface area contributed by atoms with Gasteiger partial charge in [-0.15, -0.1) is 0 Å². The molecule has 2 aromatic heterocycles. The van der Waals surface area contributed by atoms with Gasteiger partial charge in [0.2, 0.25) is 5.91 Å². The molecule has 0 bridgehead atoms. The number of aromatic amines is 1. The summed E-state index contributed by atoms with van der Waals surface area (Å²) in [7, 11) is 0. The Bertz CT molecular complexity index is 1660. The standard InChI is InChI=1S/C29H28N4O3/c1-16(2)11-12-32-14-20-25(19-13-18-7-4-5-8-21(18)31-28(19)35)27-23(15-33(17(3)34)29(27)36)30-22-9-6-10-24(32)26(20)22/h4-10,13-14,16,25,30H,11-12,15H2,1-3H3,(H,31,35). The zero-order valence-electron chi connectivity index (χ0n) is 20.6. The molecule has 4 aromatic rings. The van der Waals surface area contributed by atoms with E-state index in [1.165, 1.54) is 11.8 Å². The Morgan fingerprint density at radius 2 is 1.89 bits per heavy atom. The second-order valence-electron chi connectivity index (χ2n) is 10.2. The number of amides is 2. The maximum absolute atomic E-state index is 13.7. The number of hydrogen-bond acceptors (Lipinski definition) is 4. The number of pyridine rings is 1. The second kappa shape index (κ2) is 8.22. The quantitative estimate of drug-likeness (QED) is 0.442. The zero-order chi connectivity index (χ0) is 25.1. The highest BCUT2D eigenvalue weighted by molar-refractivity contribution is 6.11. The number of rotatable bonds is 4.